The summed E-state index contributed by atoms with van der Waals surface area (Å²) in [6.45, 7) is 0.979. The zero-order valence-electron chi connectivity index (χ0n) is 9.69. The number of benzene rings is 1. The van der Waals surface area contributed by atoms with Gasteiger partial charge in [0, 0.05) is 12.7 Å². The predicted octanol–water partition coefficient (Wildman–Crippen LogP) is 2.51. The molecule has 0 radical (unpaired) electrons. The molecule has 3 nitrogen and oxygen atoms in total. The minimum absolute atomic E-state index is 0.239. The number of nitrogens with two attached hydrogens (primary N) is 1. The third kappa shape index (κ3) is 2.85. The van der Waals surface area contributed by atoms with E-state index in [2.05, 4.69) is 0 Å². The Morgan fingerprint density at radius 1 is 1.24 bits per heavy atom. The molecule has 0 fully saturated rings. The van der Waals surface area contributed by atoms with Crippen molar-refractivity contribution in [2.24, 2.45) is 5.73 Å². The van der Waals surface area contributed by atoms with Crippen molar-refractivity contribution < 1.29 is 8.81 Å². The van der Waals surface area contributed by atoms with Gasteiger partial charge in [0.25, 0.3) is 0 Å². The molecular formula is C13H15FN2O. The van der Waals surface area contributed by atoms with Crippen molar-refractivity contribution >= 4 is 5.69 Å². The largest absolute Gasteiger partial charge is 0.463 e. The molecule has 0 amide bonds. The standard InChI is InChI=1S/C13H15FN2O/c1-16(11-4-2-3-10(14)7-11)9-13-6-5-12(8-15)17-13/h2-7H,8-9,15H2,1H3. The molecule has 0 aliphatic rings. The van der Waals surface area contributed by atoms with Crippen molar-refractivity contribution in [2.75, 3.05) is 11.9 Å². The van der Waals surface area contributed by atoms with Crippen LogP contribution < -0.4 is 10.6 Å². The summed E-state index contributed by atoms with van der Waals surface area (Å²) in [6.07, 6.45) is 0. The highest BCUT2D eigenvalue weighted by molar-refractivity contribution is 5.45. The summed E-state index contributed by atoms with van der Waals surface area (Å²) in [6, 6.07) is 10.2. The van der Waals surface area contributed by atoms with E-state index >= 15 is 0 Å². The van der Waals surface area contributed by atoms with Gasteiger partial charge in [-0.15, -0.1) is 0 Å². The van der Waals surface area contributed by atoms with Crippen LogP contribution in [-0.4, -0.2) is 7.05 Å². The van der Waals surface area contributed by atoms with Crippen LogP contribution in [0.15, 0.2) is 40.8 Å². The van der Waals surface area contributed by atoms with Gasteiger partial charge < -0.3 is 15.1 Å². The molecular weight excluding hydrogens is 219 g/mol. The number of nitrogens with zero attached hydrogens (tertiary/aromatic N) is 1. The minimum Gasteiger partial charge on any atom is -0.463 e. The van der Waals surface area contributed by atoms with Crippen molar-refractivity contribution in [1.29, 1.82) is 0 Å². The van der Waals surface area contributed by atoms with E-state index in [-0.39, 0.29) is 5.82 Å². The summed E-state index contributed by atoms with van der Waals surface area (Å²) in [4.78, 5) is 1.92. The van der Waals surface area contributed by atoms with Gasteiger partial charge in [-0.25, -0.2) is 4.39 Å². The van der Waals surface area contributed by atoms with Crippen LogP contribution in [0.25, 0.3) is 0 Å². The molecule has 1 aromatic carbocycles. The summed E-state index contributed by atoms with van der Waals surface area (Å²) in [5.74, 6) is 1.33. The van der Waals surface area contributed by atoms with Crippen LogP contribution in [-0.2, 0) is 13.1 Å². The molecule has 0 bridgehead atoms. The molecule has 0 aliphatic heterocycles. The summed E-state index contributed by atoms with van der Waals surface area (Å²) in [5.41, 5.74) is 6.28. The number of halogens is 1. The summed E-state index contributed by atoms with van der Waals surface area (Å²) in [7, 11) is 1.89. The molecule has 0 saturated carbocycles. The van der Waals surface area contributed by atoms with Crippen molar-refractivity contribution in [3.05, 3.63) is 53.7 Å². The second-order valence-electron chi connectivity index (χ2n) is 3.91. The highest BCUT2D eigenvalue weighted by atomic mass is 19.1. The quantitative estimate of drug-likeness (QED) is 0.883. The van der Waals surface area contributed by atoms with E-state index in [1.807, 2.05) is 30.1 Å². The fourth-order valence-electron chi connectivity index (χ4n) is 1.66. The van der Waals surface area contributed by atoms with Crippen LogP contribution in [0.1, 0.15) is 11.5 Å². The number of rotatable bonds is 4. The Morgan fingerprint density at radius 2 is 2.00 bits per heavy atom. The van der Waals surface area contributed by atoms with Gasteiger partial charge in [-0.05, 0) is 30.3 Å². The number of anilines is 1. The Hall–Kier alpha value is -1.81. The van der Waals surface area contributed by atoms with Gasteiger partial charge in [-0.2, -0.15) is 0 Å². The third-order valence-corrected chi connectivity index (χ3v) is 2.56. The lowest BCUT2D eigenvalue weighted by Crippen LogP contribution is -2.15. The Balaban J connectivity index is 2.08. The lowest BCUT2D eigenvalue weighted by molar-refractivity contribution is 0.465. The summed E-state index contributed by atoms with van der Waals surface area (Å²) >= 11 is 0. The van der Waals surface area contributed by atoms with E-state index in [0.29, 0.717) is 13.1 Å². The Labute approximate surface area is 99.6 Å². The Bertz CT molecular complexity index is 496. The second kappa shape index (κ2) is 5.01. The van der Waals surface area contributed by atoms with Crippen LogP contribution >= 0.6 is 0 Å². The first kappa shape index (κ1) is 11.7. The molecule has 0 saturated heterocycles. The SMILES string of the molecule is CN(Cc1ccc(CN)o1)c1cccc(F)c1. The maximum atomic E-state index is 13.1. The van der Waals surface area contributed by atoms with Crippen LogP contribution in [0.5, 0.6) is 0 Å². The molecule has 90 valence electrons. The zero-order chi connectivity index (χ0) is 12.3. The molecule has 1 aromatic heterocycles. The lowest BCUT2D eigenvalue weighted by Gasteiger charge is -2.17. The molecule has 4 heteroatoms. The van der Waals surface area contributed by atoms with Gasteiger partial charge in [0.1, 0.15) is 17.3 Å². The molecule has 1 heterocycles. The van der Waals surface area contributed by atoms with Crippen molar-refractivity contribution in [1.82, 2.24) is 0 Å². The first-order valence-corrected chi connectivity index (χ1v) is 5.43. The summed E-state index contributed by atoms with van der Waals surface area (Å²) < 4.78 is 18.6. The molecule has 17 heavy (non-hydrogen) atoms. The lowest BCUT2D eigenvalue weighted by atomic mass is 10.3. The van der Waals surface area contributed by atoms with Gasteiger partial charge in [0.05, 0.1) is 13.1 Å². The van der Waals surface area contributed by atoms with E-state index < -0.39 is 0 Å². The van der Waals surface area contributed by atoms with E-state index in [9.17, 15) is 4.39 Å². The van der Waals surface area contributed by atoms with E-state index in [4.69, 9.17) is 10.2 Å². The smallest absolute Gasteiger partial charge is 0.125 e. The van der Waals surface area contributed by atoms with Crippen LogP contribution in [0.4, 0.5) is 10.1 Å². The Morgan fingerprint density at radius 3 is 2.65 bits per heavy atom. The van der Waals surface area contributed by atoms with Gasteiger partial charge in [-0.3, -0.25) is 0 Å². The summed E-state index contributed by atoms with van der Waals surface area (Å²) in [5, 5.41) is 0. The topological polar surface area (TPSA) is 42.4 Å². The molecule has 2 N–H and O–H groups in total. The Kier molecular flexibility index (Phi) is 3.44. The number of hydrogen-bond donors (Lipinski definition) is 1. The van der Waals surface area contributed by atoms with Gasteiger partial charge in [0.15, 0.2) is 0 Å². The highest BCUT2D eigenvalue weighted by Gasteiger charge is 2.06. The molecule has 2 aromatic rings. The van der Waals surface area contributed by atoms with E-state index in [0.717, 1.165) is 17.2 Å². The normalized spacial score (nSPS) is 10.5. The second-order valence-corrected chi connectivity index (χ2v) is 3.91. The number of furan rings is 1. The highest BCUT2D eigenvalue weighted by Crippen LogP contribution is 2.17. The fraction of sp³-hybridized carbons (Fsp3) is 0.231. The van der Waals surface area contributed by atoms with Crippen LogP contribution in [0.3, 0.4) is 0 Å². The molecule has 0 aliphatic carbocycles. The van der Waals surface area contributed by atoms with Crippen molar-refractivity contribution in [3.8, 4) is 0 Å². The average Bonchev–Trinajstić information content (AvgIpc) is 2.77. The van der Waals surface area contributed by atoms with E-state index in [1.54, 1.807) is 6.07 Å². The van der Waals surface area contributed by atoms with Crippen LogP contribution in [0.2, 0.25) is 0 Å². The molecule has 0 spiro atoms. The van der Waals surface area contributed by atoms with Crippen LogP contribution in [0, 0.1) is 5.82 Å². The van der Waals surface area contributed by atoms with E-state index in [1.165, 1.54) is 12.1 Å². The third-order valence-electron chi connectivity index (χ3n) is 2.56. The molecule has 0 atom stereocenters. The van der Waals surface area contributed by atoms with Gasteiger partial charge in [-0.1, -0.05) is 6.07 Å². The monoisotopic (exact) mass is 234 g/mol. The first-order valence-electron chi connectivity index (χ1n) is 5.43. The fourth-order valence-corrected chi connectivity index (χ4v) is 1.66. The number of hydrogen-bond acceptors (Lipinski definition) is 3. The first-order chi connectivity index (χ1) is 8.19. The van der Waals surface area contributed by atoms with Crippen molar-refractivity contribution in [3.63, 3.8) is 0 Å². The van der Waals surface area contributed by atoms with Gasteiger partial charge in [0.2, 0.25) is 0 Å². The maximum absolute atomic E-state index is 13.1. The molecule has 0 unspecified atom stereocenters. The zero-order valence-corrected chi connectivity index (χ0v) is 9.69. The average molecular weight is 234 g/mol. The van der Waals surface area contributed by atoms with Crippen molar-refractivity contribution in [2.45, 2.75) is 13.1 Å². The molecule has 2 rings (SSSR count). The maximum Gasteiger partial charge on any atom is 0.125 e. The predicted molar refractivity (Wildman–Crippen MR) is 65.1 cm³/mol. The minimum atomic E-state index is -0.239. The van der Waals surface area contributed by atoms with Gasteiger partial charge >= 0.3 is 0 Å².